The largest absolute Gasteiger partial charge is 0.374 e. The lowest BCUT2D eigenvalue weighted by Gasteiger charge is -2.39. The van der Waals surface area contributed by atoms with Gasteiger partial charge >= 0.3 is 0 Å². The van der Waals surface area contributed by atoms with Gasteiger partial charge in [-0.15, -0.1) is 0 Å². The second kappa shape index (κ2) is 9.64. The number of aryl methyl sites for hydroxylation is 1. The van der Waals surface area contributed by atoms with Crippen molar-refractivity contribution >= 4 is 28.6 Å². The fourth-order valence-corrected chi connectivity index (χ4v) is 6.66. The van der Waals surface area contributed by atoms with Crippen LogP contribution in [0, 0.1) is 30.1 Å². The maximum Gasteiger partial charge on any atom is 0.207 e. The molecule has 4 heterocycles. The summed E-state index contributed by atoms with van der Waals surface area (Å²) in [5.41, 5.74) is 4.64. The molecule has 0 amide bonds. The van der Waals surface area contributed by atoms with E-state index in [4.69, 9.17) is 26.3 Å². The molecule has 3 aliphatic rings. The Morgan fingerprint density at radius 2 is 1.97 bits per heavy atom. The molecule has 6 rings (SSSR count). The fraction of sp³-hybridized carbons (Fsp3) is 0.571. The average molecular weight is 505 g/mol. The Kier molecular flexibility index (Phi) is 6.35. The zero-order chi connectivity index (χ0) is 24.8. The second-order valence-corrected chi connectivity index (χ2v) is 11.3. The monoisotopic (exact) mass is 504 g/mol. The molecule has 36 heavy (non-hydrogen) atoms. The number of aromatic nitrogens is 4. The molecule has 3 fully saturated rings. The number of anilines is 1. The molecule has 188 valence electrons. The van der Waals surface area contributed by atoms with E-state index < -0.39 is 0 Å². The van der Waals surface area contributed by atoms with Gasteiger partial charge in [-0.2, -0.15) is 5.26 Å². The smallest absolute Gasteiger partial charge is 0.207 e. The van der Waals surface area contributed by atoms with Crippen LogP contribution >= 0.6 is 11.6 Å². The zero-order valence-electron chi connectivity index (χ0n) is 21.1. The first-order valence-electron chi connectivity index (χ1n) is 13.3. The maximum absolute atomic E-state index is 9.92. The van der Waals surface area contributed by atoms with E-state index in [1.807, 2.05) is 13.0 Å². The summed E-state index contributed by atoms with van der Waals surface area (Å²) < 4.78 is 8.55. The van der Waals surface area contributed by atoms with Gasteiger partial charge in [0.1, 0.15) is 11.8 Å². The van der Waals surface area contributed by atoms with Crippen molar-refractivity contribution < 1.29 is 4.74 Å². The predicted octanol–water partition coefficient (Wildman–Crippen LogP) is 5.91. The van der Waals surface area contributed by atoms with E-state index >= 15 is 0 Å². The number of hydrogen-bond donors (Lipinski definition) is 0. The fourth-order valence-electron chi connectivity index (χ4n) is 6.49. The molecule has 0 N–H and O–H groups in total. The number of ether oxygens (including phenoxy) is 1. The van der Waals surface area contributed by atoms with E-state index in [2.05, 4.69) is 27.4 Å². The van der Waals surface area contributed by atoms with Crippen LogP contribution in [-0.2, 0) is 11.3 Å². The molecular formula is C28H33ClN6O. The molecule has 3 aromatic heterocycles. The first-order valence-corrected chi connectivity index (χ1v) is 13.7. The highest BCUT2D eigenvalue weighted by molar-refractivity contribution is 6.30. The molecule has 2 saturated carbocycles. The first-order chi connectivity index (χ1) is 17.5. The van der Waals surface area contributed by atoms with Crippen molar-refractivity contribution in [3.63, 3.8) is 0 Å². The summed E-state index contributed by atoms with van der Waals surface area (Å²) >= 11 is 6.35. The molecule has 1 aliphatic heterocycles. The van der Waals surface area contributed by atoms with Crippen LogP contribution in [0.3, 0.4) is 0 Å². The van der Waals surface area contributed by atoms with E-state index in [1.54, 1.807) is 12.4 Å². The van der Waals surface area contributed by atoms with Crippen molar-refractivity contribution in [1.82, 2.24) is 19.5 Å². The summed E-state index contributed by atoms with van der Waals surface area (Å²) in [5, 5.41) is 10.5. The van der Waals surface area contributed by atoms with E-state index in [0.717, 1.165) is 72.3 Å². The minimum atomic E-state index is 0.271. The van der Waals surface area contributed by atoms with Crippen LogP contribution in [-0.4, -0.2) is 44.8 Å². The number of imidazole rings is 1. The van der Waals surface area contributed by atoms with Gasteiger partial charge in [0.15, 0.2) is 0 Å². The quantitative estimate of drug-likeness (QED) is 0.439. The van der Waals surface area contributed by atoms with Gasteiger partial charge in [-0.1, -0.05) is 31.4 Å². The SMILES string of the molecule is Cc1c(C#N)nc(-c2cncc(Cl)c2)c2c1nc(N1CCO[C@@H]3CCC[C@H]31)n2CC1CCC(C)CC1. The number of morpholine rings is 1. The molecule has 3 aromatic rings. The van der Waals surface area contributed by atoms with E-state index in [9.17, 15) is 5.26 Å². The van der Waals surface area contributed by atoms with Crippen molar-refractivity contribution in [2.24, 2.45) is 11.8 Å². The van der Waals surface area contributed by atoms with Crippen LogP contribution in [0.2, 0.25) is 5.02 Å². The Bertz CT molecular complexity index is 1320. The third kappa shape index (κ3) is 4.14. The predicted molar refractivity (Wildman–Crippen MR) is 141 cm³/mol. The van der Waals surface area contributed by atoms with Crippen LogP contribution < -0.4 is 4.90 Å². The first kappa shape index (κ1) is 23.7. The number of hydrogen-bond acceptors (Lipinski definition) is 6. The van der Waals surface area contributed by atoms with Crippen molar-refractivity contribution in [3.05, 3.63) is 34.7 Å². The topological polar surface area (TPSA) is 79.9 Å². The Hall–Kier alpha value is -2.69. The van der Waals surface area contributed by atoms with Crippen molar-refractivity contribution in [3.8, 4) is 17.3 Å². The number of nitrogens with zero attached hydrogens (tertiary/aromatic N) is 6. The van der Waals surface area contributed by atoms with Crippen molar-refractivity contribution in [2.75, 3.05) is 18.1 Å². The van der Waals surface area contributed by atoms with Crippen LogP contribution in [0.4, 0.5) is 5.95 Å². The van der Waals surface area contributed by atoms with E-state index in [-0.39, 0.29) is 6.10 Å². The standard InChI is InChI=1S/C28H33ClN6O/c1-17-6-8-19(9-7-17)16-35-27-25(33-28(35)34-10-11-36-24-5-3-4-23(24)34)18(2)22(13-30)32-26(27)20-12-21(29)15-31-14-20/h12,14-15,17,19,23-24H,3-11,16H2,1-2H3/t17?,19?,23-,24-/m1/s1. The second-order valence-electron chi connectivity index (χ2n) is 10.9. The summed E-state index contributed by atoms with van der Waals surface area (Å²) in [7, 11) is 0. The molecular weight excluding hydrogens is 472 g/mol. The van der Waals surface area contributed by atoms with Crippen LogP contribution in [0.1, 0.15) is 63.1 Å². The molecule has 7 nitrogen and oxygen atoms in total. The number of rotatable bonds is 4. The average Bonchev–Trinajstić information content (AvgIpc) is 3.51. The summed E-state index contributed by atoms with van der Waals surface area (Å²) in [4.78, 5) is 17.0. The Balaban J connectivity index is 1.57. The highest BCUT2D eigenvalue weighted by atomic mass is 35.5. The van der Waals surface area contributed by atoms with Crippen molar-refractivity contribution in [1.29, 1.82) is 5.26 Å². The highest BCUT2D eigenvalue weighted by Gasteiger charge is 2.39. The van der Waals surface area contributed by atoms with Crippen molar-refractivity contribution in [2.45, 2.75) is 77.5 Å². The normalized spacial score (nSPS) is 26.2. The number of nitriles is 1. The summed E-state index contributed by atoms with van der Waals surface area (Å²) in [6, 6.07) is 4.53. The van der Waals surface area contributed by atoms with E-state index in [0.29, 0.717) is 22.7 Å². The molecule has 2 atom stereocenters. The minimum absolute atomic E-state index is 0.271. The van der Waals surface area contributed by atoms with Gasteiger partial charge in [0.2, 0.25) is 5.95 Å². The van der Waals surface area contributed by atoms with Gasteiger partial charge in [-0.3, -0.25) is 4.98 Å². The molecule has 0 unspecified atom stereocenters. The Morgan fingerprint density at radius 1 is 1.14 bits per heavy atom. The molecule has 8 heteroatoms. The Labute approximate surface area is 217 Å². The third-order valence-corrected chi connectivity index (χ3v) is 8.71. The van der Waals surface area contributed by atoms with E-state index in [1.165, 1.54) is 32.1 Å². The third-order valence-electron chi connectivity index (χ3n) is 8.51. The van der Waals surface area contributed by atoms with Gasteiger partial charge in [0, 0.05) is 36.6 Å². The summed E-state index contributed by atoms with van der Waals surface area (Å²) in [6.45, 7) is 6.79. The lowest BCUT2D eigenvalue weighted by molar-refractivity contribution is 0.0247. The van der Waals surface area contributed by atoms with Gasteiger partial charge in [0.05, 0.1) is 40.5 Å². The lowest BCUT2D eigenvalue weighted by atomic mass is 9.83. The zero-order valence-corrected chi connectivity index (χ0v) is 21.8. The molecule has 0 aromatic carbocycles. The van der Waals surface area contributed by atoms with Gasteiger partial charge in [0.25, 0.3) is 0 Å². The molecule has 0 bridgehead atoms. The molecule has 2 aliphatic carbocycles. The summed E-state index contributed by atoms with van der Waals surface area (Å²) in [5.74, 6) is 2.40. The van der Waals surface area contributed by atoms with Gasteiger partial charge in [-0.25, -0.2) is 9.97 Å². The van der Waals surface area contributed by atoms with Crippen LogP contribution in [0.5, 0.6) is 0 Å². The Morgan fingerprint density at radius 3 is 2.75 bits per heavy atom. The minimum Gasteiger partial charge on any atom is -0.374 e. The number of halogens is 1. The maximum atomic E-state index is 9.92. The summed E-state index contributed by atoms with van der Waals surface area (Å²) in [6.07, 6.45) is 12.1. The van der Waals surface area contributed by atoms with Gasteiger partial charge in [-0.05, 0) is 56.9 Å². The van der Waals surface area contributed by atoms with Crippen LogP contribution in [0.25, 0.3) is 22.3 Å². The molecule has 1 saturated heterocycles. The molecule has 0 spiro atoms. The molecule has 0 radical (unpaired) electrons. The number of fused-ring (bicyclic) bond motifs is 2. The number of pyridine rings is 2. The van der Waals surface area contributed by atoms with Crippen LogP contribution in [0.15, 0.2) is 18.5 Å². The van der Waals surface area contributed by atoms with Gasteiger partial charge < -0.3 is 14.2 Å². The lowest BCUT2D eigenvalue weighted by Crippen LogP contribution is -2.49. The highest BCUT2D eigenvalue weighted by Crippen LogP contribution is 2.40.